The molecule has 0 aromatic rings. The molecule has 0 aromatic carbocycles. The number of fused-ring (bicyclic) bond motifs is 5. The van der Waals surface area contributed by atoms with Crippen molar-refractivity contribution < 1.29 is 14.7 Å². The molecule has 3 saturated carbocycles. The van der Waals surface area contributed by atoms with Crippen LogP contribution < -0.4 is 0 Å². The van der Waals surface area contributed by atoms with E-state index in [1.807, 2.05) is 0 Å². The van der Waals surface area contributed by atoms with Gasteiger partial charge in [-0.15, -0.1) is 0 Å². The number of aliphatic hydroxyl groups is 1. The van der Waals surface area contributed by atoms with Gasteiger partial charge in [0.1, 0.15) is 5.78 Å². The summed E-state index contributed by atoms with van der Waals surface area (Å²) in [7, 11) is 0. The molecule has 0 radical (unpaired) electrons. The van der Waals surface area contributed by atoms with Crippen molar-refractivity contribution in [2.24, 2.45) is 34.5 Å². The lowest BCUT2D eigenvalue weighted by atomic mass is 9.46. The van der Waals surface area contributed by atoms with Gasteiger partial charge in [0.05, 0.1) is 0 Å². The van der Waals surface area contributed by atoms with E-state index in [9.17, 15) is 14.7 Å². The Morgan fingerprint density at radius 3 is 2.60 bits per heavy atom. The molecule has 0 heterocycles. The van der Waals surface area contributed by atoms with Crippen molar-refractivity contribution in [3.8, 4) is 0 Å². The summed E-state index contributed by atoms with van der Waals surface area (Å²) in [5.74, 6) is 2.12. The highest BCUT2D eigenvalue weighted by Gasteiger charge is 2.61. The second kappa shape index (κ2) is 5.51. The molecule has 1 unspecified atom stereocenters. The molecule has 4 rings (SSSR count). The third-order valence-electron chi connectivity index (χ3n) is 8.51. The van der Waals surface area contributed by atoms with Gasteiger partial charge in [-0.05, 0) is 96.0 Å². The minimum Gasteiger partial charge on any atom is -0.372 e. The van der Waals surface area contributed by atoms with E-state index in [4.69, 9.17) is 0 Å². The van der Waals surface area contributed by atoms with Crippen molar-refractivity contribution in [1.29, 1.82) is 0 Å². The molecule has 138 valence electrons. The van der Waals surface area contributed by atoms with E-state index in [1.54, 1.807) is 13.0 Å². The maximum atomic E-state index is 12.2. The number of Topliss-reactive ketones (excluding diaryl/α,β-unsaturated/α-hetero) is 1. The van der Waals surface area contributed by atoms with Crippen LogP contribution in [-0.4, -0.2) is 21.2 Å². The van der Waals surface area contributed by atoms with Gasteiger partial charge in [-0.3, -0.25) is 9.59 Å². The summed E-state index contributed by atoms with van der Waals surface area (Å²) < 4.78 is -1.41. The standard InChI is InChI=1S/C21H29BrO3/c1-12(23)15-6-7-16-14-5-4-13-10-18(24)21(22,25)11-20(13,3)17(14)8-9-19(15,16)2/h10,14-17,25H,4-9,11H2,1-3H3/t14-,15+,16-,17-,19+,20-,21?/m0/s1. The summed E-state index contributed by atoms with van der Waals surface area (Å²) in [5, 5.41) is 10.6. The van der Waals surface area contributed by atoms with Gasteiger partial charge in [-0.25, -0.2) is 0 Å². The Kier molecular flexibility index (Phi) is 3.95. The largest absolute Gasteiger partial charge is 0.372 e. The van der Waals surface area contributed by atoms with Crippen molar-refractivity contribution in [3.05, 3.63) is 11.6 Å². The number of hydrogen-bond donors (Lipinski definition) is 1. The fourth-order valence-corrected chi connectivity index (χ4v) is 8.02. The molecule has 0 bridgehead atoms. The number of rotatable bonds is 1. The van der Waals surface area contributed by atoms with Crippen LogP contribution in [0.3, 0.4) is 0 Å². The summed E-state index contributed by atoms with van der Waals surface area (Å²) in [6, 6.07) is 0. The van der Waals surface area contributed by atoms with Crippen LogP contribution >= 0.6 is 15.9 Å². The lowest BCUT2D eigenvalue weighted by Gasteiger charge is -2.59. The number of carbonyl (C=O) groups is 2. The van der Waals surface area contributed by atoms with Crippen LogP contribution in [0.15, 0.2) is 11.6 Å². The smallest absolute Gasteiger partial charge is 0.198 e. The first-order valence-corrected chi connectivity index (χ1v) is 10.6. The van der Waals surface area contributed by atoms with E-state index in [1.165, 1.54) is 5.57 Å². The first-order valence-electron chi connectivity index (χ1n) is 9.77. The van der Waals surface area contributed by atoms with Crippen LogP contribution in [-0.2, 0) is 9.59 Å². The van der Waals surface area contributed by atoms with E-state index in [-0.39, 0.29) is 22.5 Å². The van der Waals surface area contributed by atoms with Gasteiger partial charge in [-0.1, -0.05) is 19.4 Å². The first-order chi connectivity index (χ1) is 11.6. The molecule has 7 atom stereocenters. The Morgan fingerprint density at radius 2 is 1.92 bits per heavy atom. The van der Waals surface area contributed by atoms with Crippen molar-refractivity contribution in [2.45, 2.75) is 70.2 Å². The van der Waals surface area contributed by atoms with Crippen molar-refractivity contribution in [3.63, 3.8) is 0 Å². The van der Waals surface area contributed by atoms with E-state index >= 15 is 0 Å². The van der Waals surface area contributed by atoms with Gasteiger partial charge in [0.2, 0.25) is 0 Å². The molecule has 0 aliphatic heterocycles. The van der Waals surface area contributed by atoms with Crippen LogP contribution in [0.5, 0.6) is 0 Å². The molecule has 4 heteroatoms. The molecule has 3 nitrogen and oxygen atoms in total. The van der Waals surface area contributed by atoms with Crippen LogP contribution in [0.4, 0.5) is 0 Å². The highest BCUT2D eigenvalue weighted by molar-refractivity contribution is 9.10. The van der Waals surface area contributed by atoms with Crippen molar-refractivity contribution in [1.82, 2.24) is 0 Å². The lowest BCUT2D eigenvalue weighted by molar-refractivity contribution is -0.133. The average molecular weight is 409 g/mol. The molecule has 25 heavy (non-hydrogen) atoms. The summed E-state index contributed by atoms with van der Waals surface area (Å²) in [6.45, 7) is 6.38. The van der Waals surface area contributed by atoms with Crippen molar-refractivity contribution >= 4 is 27.5 Å². The van der Waals surface area contributed by atoms with Gasteiger partial charge in [0.15, 0.2) is 10.3 Å². The topological polar surface area (TPSA) is 54.4 Å². The molecular formula is C21H29BrO3. The number of alkyl halides is 1. The number of hydrogen-bond acceptors (Lipinski definition) is 3. The highest BCUT2D eigenvalue weighted by atomic mass is 79.9. The zero-order valence-electron chi connectivity index (χ0n) is 15.5. The normalized spacial score (nSPS) is 52.0. The van der Waals surface area contributed by atoms with Gasteiger partial charge >= 0.3 is 0 Å². The number of allylic oxidation sites excluding steroid dienone is 1. The molecule has 3 fully saturated rings. The Labute approximate surface area is 158 Å². The predicted molar refractivity (Wildman–Crippen MR) is 100 cm³/mol. The maximum absolute atomic E-state index is 12.2. The Hall–Kier alpha value is -0.480. The van der Waals surface area contributed by atoms with Gasteiger partial charge in [0.25, 0.3) is 0 Å². The first kappa shape index (κ1) is 17.9. The third-order valence-corrected chi connectivity index (χ3v) is 9.18. The zero-order chi connectivity index (χ0) is 18.2. The summed E-state index contributed by atoms with van der Waals surface area (Å²) in [4.78, 5) is 24.4. The lowest BCUT2D eigenvalue weighted by Crippen LogP contribution is -2.54. The molecule has 4 aliphatic rings. The molecule has 1 N–H and O–H groups in total. The van der Waals surface area contributed by atoms with Crippen LogP contribution in [0.1, 0.15) is 65.7 Å². The average Bonchev–Trinajstić information content (AvgIpc) is 2.86. The molecule has 0 spiro atoms. The van der Waals surface area contributed by atoms with Gasteiger partial charge in [0, 0.05) is 12.3 Å². The zero-order valence-corrected chi connectivity index (χ0v) is 17.1. The van der Waals surface area contributed by atoms with Crippen molar-refractivity contribution in [2.75, 3.05) is 0 Å². The van der Waals surface area contributed by atoms with Crippen LogP contribution in [0.25, 0.3) is 0 Å². The third kappa shape index (κ3) is 2.39. The second-order valence-corrected chi connectivity index (χ2v) is 10.9. The fraction of sp³-hybridized carbons (Fsp3) is 0.810. The van der Waals surface area contributed by atoms with E-state index in [0.29, 0.717) is 30.0 Å². The van der Waals surface area contributed by atoms with Gasteiger partial charge < -0.3 is 5.11 Å². The van der Waals surface area contributed by atoms with Crippen LogP contribution in [0.2, 0.25) is 0 Å². The maximum Gasteiger partial charge on any atom is 0.198 e. The quantitative estimate of drug-likeness (QED) is 0.653. The van der Waals surface area contributed by atoms with Gasteiger partial charge in [-0.2, -0.15) is 0 Å². The molecular weight excluding hydrogens is 380 g/mol. The number of carbonyl (C=O) groups excluding carboxylic acids is 2. The minimum absolute atomic E-state index is 0.106. The number of ketones is 2. The Balaban J connectivity index is 1.69. The molecule has 0 amide bonds. The van der Waals surface area contributed by atoms with Crippen LogP contribution in [0, 0.1) is 34.5 Å². The fourth-order valence-electron chi connectivity index (χ4n) is 7.32. The molecule has 0 saturated heterocycles. The molecule has 4 aliphatic carbocycles. The number of halogens is 1. The van der Waals surface area contributed by atoms with E-state index < -0.39 is 4.51 Å². The predicted octanol–water partition coefficient (Wildman–Crippen LogP) is 4.42. The van der Waals surface area contributed by atoms with E-state index in [0.717, 1.165) is 38.5 Å². The molecule has 0 aromatic heterocycles. The monoisotopic (exact) mass is 408 g/mol. The summed E-state index contributed by atoms with van der Waals surface area (Å²) in [6.07, 6.45) is 8.69. The second-order valence-electron chi connectivity index (χ2n) is 9.59. The summed E-state index contributed by atoms with van der Waals surface area (Å²) in [5.41, 5.74) is 1.29. The highest BCUT2D eigenvalue weighted by Crippen LogP contribution is 2.67. The summed E-state index contributed by atoms with van der Waals surface area (Å²) >= 11 is 3.28. The SMILES string of the molecule is CC(=O)[C@H]1CC[C@H]2[C@@H]3CCC4=CC(=O)C(O)(Br)C[C@]4(C)[C@H]3CC[C@]12C. The Morgan fingerprint density at radius 1 is 1.20 bits per heavy atom. The van der Waals surface area contributed by atoms with E-state index in [2.05, 4.69) is 29.8 Å². The minimum atomic E-state index is -1.41. The Bertz CT molecular complexity index is 666.